The van der Waals surface area contributed by atoms with Crippen LogP contribution >= 0.6 is 0 Å². The van der Waals surface area contributed by atoms with Gasteiger partial charge in [-0.05, 0) is 24.0 Å². The normalized spacial score (nSPS) is 18.1. The van der Waals surface area contributed by atoms with Crippen LogP contribution in [0, 0.1) is 0 Å². The van der Waals surface area contributed by atoms with Crippen LogP contribution in [-0.4, -0.2) is 29.3 Å². The topological polar surface area (TPSA) is 49.4 Å². The first kappa shape index (κ1) is 13.6. The van der Waals surface area contributed by atoms with Gasteiger partial charge in [0.05, 0.1) is 0 Å². The first-order valence-corrected chi connectivity index (χ1v) is 6.67. The zero-order chi connectivity index (χ0) is 14.0. The number of likely N-dealkylation sites (tertiary alicyclic amines) is 1. The molecule has 4 nitrogen and oxygen atoms in total. The van der Waals surface area contributed by atoms with E-state index in [0.717, 1.165) is 17.7 Å². The molecule has 2 amide bonds. The lowest BCUT2D eigenvalue weighted by molar-refractivity contribution is -0.143. The van der Waals surface area contributed by atoms with E-state index in [2.05, 4.69) is 19.2 Å². The average Bonchev–Trinajstić information content (AvgIpc) is 2.26. The largest absolute Gasteiger partial charge is 0.331 e. The number of benzene rings is 1. The van der Waals surface area contributed by atoms with Crippen LogP contribution in [-0.2, 0) is 9.59 Å². The highest BCUT2D eigenvalue weighted by Gasteiger charge is 2.35. The number of hydrogen-bond donors (Lipinski definition) is 1. The van der Waals surface area contributed by atoms with Gasteiger partial charge in [0.15, 0.2) is 0 Å². The second-order valence-corrected chi connectivity index (χ2v) is 5.25. The van der Waals surface area contributed by atoms with Crippen molar-refractivity contribution in [2.45, 2.75) is 39.2 Å². The van der Waals surface area contributed by atoms with E-state index in [1.807, 2.05) is 24.3 Å². The molecule has 0 spiro atoms. The predicted molar refractivity (Wildman–Crippen MR) is 75.0 cm³/mol. The van der Waals surface area contributed by atoms with E-state index in [-0.39, 0.29) is 17.9 Å². The van der Waals surface area contributed by atoms with E-state index < -0.39 is 0 Å². The molecule has 0 aromatic heterocycles. The van der Waals surface area contributed by atoms with Crippen molar-refractivity contribution in [1.82, 2.24) is 4.90 Å². The molecule has 1 heterocycles. The minimum Gasteiger partial charge on any atom is -0.331 e. The highest BCUT2D eigenvalue weighted by atomic mass is 16.2. The van der Waals surface area contributed by atoms with Crippen molar-refractivity contribution >= 4 is 17.5 Å². The third-order valence-corrected chi connectivity index (χ3v) is 3.57. The predicted octanol–water partition coefficient (Wildman–Crippen LogP) is 2.37. The second kappa shape index (κ2) is 5.43. The number of amides is 2. The van der Waals surface area contributed by atoms with E-state index in [1.54, 1.807) is 4.90 Å². The van der Waals surface area contributed by atoms with Gasteiger partial charge in [-0.3, -0.25) is 9.59 Å². The maximum atomic E-state index is 12.2. The van der Waals surface area contributed by atoms with Gasteiger partial charge in [0, 0.05) is 19.2 Å². The zero-order valence-electron chi connectivity index (χ0n) is 11.6. The number of para-hydroxylation sites is 1. The molecule has 1 N–H and O–H groups in total. The number of nitrogens with zero attached hydrogens (tertiary/aromatic N) is 1. The second-order valence-electron chi connectivity index (χ2n) is 5.25. The highest BCUT2D eigenvalue weighted by molar-refractivity contribution is 5.98. The van der Waals surface area contributed by atoms with Gasteiger partial charge in [0.2, 0.25) is 11.8 Å². The summed E-state index contributed by atoms with van der Waals surface area (Å²) < 4.78 is 0. The monoisotopic (exact) mass is 260 g/mol. The number of carbonyl (C=O) groups excluding carboxylic acids is 2. The van der Waals surface area contributed by atoms with Gasteiger partial charge in [-0.25, -0.2) is 0 Å². The Labute approximate surface area is 113 Å². The maximum Gasteiger partial charge on any atom is 0.247 e. The molecule has 1 atom stereocenters. The summed E-state index contributed by atoms with van der Waals surface area (Å²) in [6.45, 7) is 6.37. The summed E-state index contributed by atoms with van der Waals surface area (Å²) in [7, 11) is 0. The van der Waals surface area contributed by atoms with Gasteiger partial charge in [-0.1, -0.05) is 32.0 Å². The molecule has 19 heavy (non-hydrogen) atoms. The fourth-order valence-corrected chi connectivity index (χ4v) is 2.37. The van der Waals surface area contributed by atoms with Crippen molar-refractivity contribution in [2.75, 3.05) is 11.9 Å². The number of carbonyl (C=O) groups is 2. The summed E-state index contributed by atoms with van der Waals surface area (Å²) in [5.74, 6) is 0.222. The van der Waals surface area contributed by atoms with Crippen LogP contribution < -0.4 is 5.32 Å². The summed E-state index contributed by atoms with van der Waals surface area (Å²) in [6, 6.07) is 7.49. The van der Waals surface area contributed by atoms with E-state index in [4.69, 9.17) is 0 Å². The van der Waals surface area contributed by atoms with Gasteiger partial charge in [0.1, 0.15) is 6.04 Å². The molecule has 0 radical (unpaired) electrons. The fraction of sp³-hybridized carbons (Fsp3) is 0.467. The maximum absolute atomic E-state index is 12.2. The summed E-state index contributed by atoms with van der Waals surface area (Å²) in [5, 5.41) is 2.95. The van der Waals surface area contributed by atoms with E-state index in [0.29, 0.717) is 12.5 Å². The number of rotatable bonds is 3. The van der Waals surface area contributed by atoms with Gasteiger partial charge in [0.25, 0.3) is 0 Å². The minimum atomic E-state index is -0.308. The molecular formula is C15H20N2O2. The molecule has 0 saturated carbocycles. The molecule has 1 aliphatic rings. The molecule has 0 aliphatic carbocycles. The van der Waals surface area contributed by atoms with Gasteiger partial charge in [-0.15, -0.1) is 0 Å². The van der Waals surface area contributed by atoms with E-state index >= 15 is 0 Å². The Morgan fingerprint density at radius 1 is 1.32 bits per heavy atom. The quantitative estimate of drug-likeness (QED) is 0.907. The third-order valence-electron chi connectivity index (χ3n) is 3.57. The summed E-state index contributed by atoms with van der Waals surface area (Å²) in [6.07, 6.45) is 0.745. The van der Waals surface area contributed by atoms with Crippen LogP contribution in [0.3, 0.4) is 0 Å². The smallest absolute Gasteiger partial charge is 0.247 e. The Hall–Kier alpha value is -1.84. The van der Waals surface area contributed by atoms with Crippen LogP contribution in [0.1, 0.15) is 38.7 Å². The Bertz CT molecular complexity index is 497. The van der Waals surface area contributed by atoms with Gasteiger partial charge < -0.3 is 10.2 Å². The number of nitrogens with one attached hydrogen (secondary N) is 1. The van der Waals surface area contributed by atoms with Crippen LogP contribution in [0.25, 0.3) is 0 Å². The first-order valence-electron chi connectivity index (χ1n) is 6.67. The molecule has 1 aromatic carbocycles. The lowest BCUT2D eigenvalue weighted by atomic mass is 9.99. The summed E-state index contributed by atoms with van der Waals surface area (Å²) in [5.41, 5.74) is 1.96. The van der Waals surface area contributed by atoms with Gasteiger partial charge >= 0.3 is 0 Å². The molecule has 4 heteroatoms. The minimum absolute atomic E-state index is 0.0384. The average molecular weight is 260 g/mol. The van der Waals surface area contributed by atoms with Gasteiger partial charge in [-0.2, -0.15) is 0 Å². The zero-order valence-corrected chi connectivity index (χ0v) is 11.6. The lowest BCUT2D eigenvalue weighted by Crippen LogP contribution is -2.56. The van der Waals surface area contributed by atoms with Crippen molar-refractivity contribution in [3.8, 4) is 0 Å². The Balaban J connectivity index is 2.09. The molecule has 1 aliphatic heterocycles. The number of anilines is 1. The van der Waals surface area contributed by atoms with Crippen LogP contribution in [0.15, 0.2) is 24.3 Å². The first-order chi connectivity index (χ1) is 9.00. The lowest BCUT2D eigenvalue weighted by Gasteiger charge is -2.39. The van der Waals surface area contributed by atoms with Crippen molar-refractivity contribution < 1.29 is 9.59 Å². The fourth-order valence-electron chi connectivity index (χ4n) is 2.37. The summed E-state index contributed by atoms with van der Waals surface area (Å²) >= 11 is 0. The van der Waals surface area contributed by atoms with E-state index in [9.17, 15) is 9.59 Å². The third kappa shape index (κ3) is 2.78. The van der Waals surface area contributed by atoms with Crippen LogP contribution in [0.2, 0.25) is 0 Å². The molecule has 1 saturated heterocycles. The van der Waals surface area contributed by atoms with Crippen molar-refractivity contribution in [2.24, 2.45) is 0 Å². The number of hydrogen-bond acceptors (Lipinski definition) is 2. The molecule has 1 unspecified atom stereocenters. The molecule has 1 fully saturated rings. The summed E-state index contributed by atoms with van der Waals surface area (Å²) in [4.78, 5) is 25.1. The Morgan fingerprint density at radius 2 is 2.00 bits per heavy atom. The Morgan fingerprint density at radius 3 is 2.53 bits per heavy atom. The highest BCUT2D eigenvalue weighted by Crippen LogP contribution is 2.25. The molecule has 1 aromatic rings. The molecule has 102 valence electrons. The van der Waals surface area contributed by atoms with E-state index in [1.165, 1.54) is 6.92 Å². The van der Waals surface area contributed by atoms with Crippen LogP contribution in [0.4, 0.5) is 5.69 Å². The molecule has 2 rings (SSSR count). The van der Waals surface area contributed by atoms with Crippen molar-refractivity contribution in [1.29, 1.82) is 0 Å². The SMILES string of the molecule is CC(=O)N1CCC1C(=O)Nc1ccccc1C(C)C. The Kier molecular flexibility index (Phi) is 3.88. The standard InChI is InChI=1S/C15H20N2O2/c1-10(2)12-6-4-5-7-13(12)16-15(19)14-8-9-17(14)11(3)18/h4-7,10,14H,8-9H2,1-3H3,(H,16,19). The molecule has 0 bridgehead atoms. The van der Waals surface area contributed by atoms with Crippen LogP contribution in [0.5, 0.6) is 0 Å². The van der Waals surface area contributed by atoms with Crippen molar-refractivity contribution in [3.05, 3.63) is 29.8 Å². The molecular weight excluding hydrogens is 240 g/mol. The van der Waals surface area contributed by atoms with Crippen molar-refractivity contribution in [3.63, 3.8) is 0 Å².